The molecule has 2 N–H and O–H groups in total. The van der Waals surface area contributed by atoms with Crippen LogP contribution >= 0.6 is 0 Å². The molecule has 5 rings (SSSR count). The minimum absolute atomic E-state index is 0.274. The first kappa shape index (κ1) is 18.6. The second-order valence-electron chi connectivity index (χ2n) is 7.94. The number of aromatic nitrogens is 1. The second-order valence-corrected chi connectivity index (χ2v) is 7.94. The van der Waals surface area contributed by atoms with E-state index in [1.54, 1.807) is 4.90 Å². The quantitative estimate of drug-likeness (QED) is 0.514. The van der Waals surface area contributed by atoms with E-state index in [0.717, 1.165) is 35.1 Å². The first-order valence-corrected chi connectivity index (χ1v) is 10.4. The van der Waals surface area contributed by atoms with E-state index in [0.29, 0.717) is 17.7 Å². The maximum Gasteiger partial charge on any atom is 0.268 e. The molecule has 0 bridgehead atoms. The zero-order chi connectivity index (χ0) is 20.7. The number of hydrogen-bond acceptors (Lipinski definition) is 2. The van der Waals surface area contributed by atoms with Gasteiger partial charge in [-0.25, -0.2) is 0 Å². The van der Waals surface area contributed by atoms with Crippen molar-refractivity contribution in [2.75, 3.05) is 11.4 Å². The molecule has 1 atom stereocenters. The molecule has 1 amide bonds. The van der Waals surface area contributed by atoms with Gasteiger partial charge in [0.15, 0.2) is 5.60 Å². The first-order chi connectivity index (χ1) is 14.6. The number of anilines is 1. The minimum Gasteiger partial charge on any atom is -0.372 e. The monoisotopic (exact) mass is 396 g/mol. The summed E-state index contributed by atoms with van der Waals surface area (Å²) < 4.78 is 0. The van der Waals surface area contributed by atoms with Gasteiger partial charge in [0.05, 0.1) is 5.69 Å². The summed E-state index contributed by atoms with van der Waals surface area (Å²) in [5.74, 6) is -0.274. The number of benzene rings is 3. The standard InChI is InChI=1S/C26H24N2O2/c1-18-24(20-13-5-7-15-22(20)27-18)26(30)21-14-6-8-16-23(21)28(25(26)29)17-9-12-19-10-3-2-4-11-19/h2-8,10-11,13-16,27,30H,9,12,17H2,1H3/t26-/m0/s1. The van der Waals surface area contributed by atoms with Gasteiger partial charge in [0.2, 0.25) is 0 Å². The zero-order valence-corrected chi connectivity index (χ0v) is 16.9. The highest BCUT2D eigenvalue weighted by Crippen LogP contribution is 2.47. The molecule has 0 unspecified atom stereocenters. The number of aryl methyl sites for hydroxylation is 2. The number of hydrogen-bond donors (Lipinski definition) is 2. The van der Waals surface area contributed by atoms with Gasteiger partial charge in [-0.15, -0.1) is 0 Å². The normalized spacial score (nSPS) is 18.2. The van der Waals surface area contributed by atoms with Gasteiger partial charge in [-0.3, -0.25) is 4.79 Å². The third kappa shape index (κ3) is 2.76. The van der Waals surface area contributed by atoms with Crippen molar-refractivity contribution in [1.82, 2.24) is 4.98 Å². The van der Waals surface area contributed by atoms with Crippen LogP contribution in [0.4, 0.5) is 5.69 Å². The smallest absolute Gasteiger partial charge is 0.268 e. The number of nitrogens with one attached hydrogen (secondary N) is 1. The molecule has 0 saturated heterocycles. The Morgan fingerprint density at radius 3 is 2.47 bits per heavy atom. The van der Waals surface area contributed by atoms with E-state index in [4.69, 9.17) is 0 Å². The third-order valence-electron chi connectivity index (χ3n) is 6.08. The summed E-state index contributed by atoms with van der Waals surface area (Å²) in [6.07, 6.45) is 1.71. The zero-order valence-electron chi connectivity index (χ0n) is 16.9. The summed E-state index contributed by atoms with van der Waals surface area (Å²) in [5, 5.41) is 12.8. The second kappa shape index (κ2) is 7.15. The van der Waals surface area contributed by atoms with Gasteiger partial charge in [-0.1, -0.05) is 66.7 Å². The number of para-hydroxylation sites is 2. The van der Waals surface area contributed by atoms with E-state index in [1.165, 1.54) is 5.56 Å². The fourth-order valence-electron chi connectivity index (χ4n) is 4.73. The topological polar surface area (TPSA) is 56.3 Å². The highest BCUT2D eigenvalue weighted by molar-refractivity contribution is 6.11. The Morgan fingerprint density at radius 1 is 0.933 bits per heavy atom. The molecule has 1 aliphatic heterocycles. The molecule has 30 heavy (non-hydrogen) atoms. The van der Waals surface area contributed by atoms with Crippen molar-refractivity contribution < 1.29 is 9.90 Å². The number of nitrogens with zero attached hydrogens (tertiary/aromatic N) is 1. The summed E-state index contributed by atoms with van der Waals surface area (Å²) in [5.41, 5.74) is 3.40. The molecule has 1 aliphatic rings. The van der Waals surface area contributed by atoms with Crippen LogP contribution in [0.2, 0.25) is 0 Å². The summed E-state index contributed by atoms with van der Waals surface area (Å²) in [6, 6.07) is 25.7. The summed E-state index contributed by atoms with van der Waals surface area (Å²) in [6.45, 7) is 2.48. The third-order valence-corrected chi connectivity index (χ3v) is 6.08. The van der Waals surface area contributed by atoms with E-state index >= 15 is 0 Å². The predicted octanol–water partition coefficient (Wildman–Crippen LogP) is 4.69. The van der Waals surface area contributed by atoms with Gasteiger partial charge in [0.25, 0.3) is 5.91 Å². The van der Waals surface area contributed by atoms with Crippen molar-refractivity contribution in [3.8, 4) is 0 Å². The lowest BCUT2D eigenvalue weighted by molar-refractivity contribution is -0.132. The van der Waals surface area contributed by atoms with Crippen LogP contribution in [0.5, 0.6) is 0 Å². The van der Waals surface area contributed by atoms with Crippen LogP contribution in [0.1, 0.15) is 28.8 Å². The summed E-state index contributed by atoms with van der Waals surface area (Å²) >= 11 is 0. The van der Waals surface area contributed by atoms with Gasteiger partial charge in [-0.05, 0) is 37.5 Å². The lowest BCUT2D eigenvalue weighted by Gasteiger charge is -2.24. The van der Waals surface area contributed by atoms with Gasteiger partial charge in [0, 0.05) is 34.3 Å². The molecule has 0 radical (unpaired) electrons. The molecule has 0 aliphatic carbocycles. The summed E-state index contributed by atoms with van der Waals surface area (Å²) in [7, 11) is 0. The number of fused-ring (bicyclic) bond motifs is 2. The van der Waals surface area contributed by atoms with Crippen molar-refractivity contribution in [3.63, 3.8) is 0 Å². The number of amides is 1. The minimum atomic E-state index is -1.69. The van der Waals surface area contributed by atoms with Gasteiger partial charge in [0.1, 0.15) is 0 Å². The fourth-order valence-corrected chi connectivity index (χ4v) is 4.73. The molecule has 4 aromatic rings. The first-order valence-electron chi connectivity index (χ1n) is 10.4. The molecule has 0 spiro atoms. The number of H-pyrrole nitrogens is 1. The average molecular weight is 396 g/mol. The Kier molecular flexibility index (Phi) is 4.44. The lowest BCUT2D eigenvalue weighted by Crippen LogP contribution is -2.42. The van der Waals surface area contributed by atoms with Crippen molar-refractivity contribution in [3.05, 3.63) is 101 Å². The van der Waals surface area contributed by atoms with Crippen LogP contribution in [0, 0.1) is 6.92 Å². The molecule has 0 saturated carbocycles. The van der Waals surface area contributed by atoms with Crippen molar-refractivity contribution >= 4 is 22.5 Å². The highest BCUT2D eigenvalue weighted by atomic mass is 16.3. The molecule has 2 heterocycles. The predicted molar refractivity (Wildman–Crippen MR) is 120 cm³/mol. The molecule has 150 valence electrons. The van der Waals surface area contributed by atoms with E-state index in [2.05, 4.69) is 17.1 Å². The Labute approximate surface area is 175 Å². The van der Waals surface area contributed by atoms with Gasteiger partial charge < -0.3 is 15.0 Å². The lowest BCUT2D eigenvalue weighted by atomic mass is 9.85. The van der Waals surface area contributed by atoms with E-state index in [-0.39, 0.29) is 5.91 Å². The molecule has 4 heteroatoms. The SMILES string of the molecule is Cc1[nH]c2ccccc2c1[C@]1(O)C(=O)N(CCCc2ccccc2)c2ccccc21. The molecule has 4 nitrogen and oxygen atoms in total. The summed E-state index contributed by atoms with van der Waals surface area (Å²) in [4.78, 5) is 18.8. The molecule has 0 fully saturated rings. The average Bonchev–Trinajstić information content (AvgIpc) is 3.22. The Morgan fingerprint density at radius 2 is 1.63 bits per heavy atom. The van der Waals surface area contributed by atoms with Crippen molar-refractivity contribution in [2.45, 2.75) is 25.4 Å². The molecule has 1 aromatic heterocycles. The van der Waals surface area contributed by atoms with Gasteiger partial charge in [-0.2, -0.15) is 0 Å². The van der Waals surface area contributed by atoms with Crippen molar-refractivity contribution in [1.29, 1.82) is 0 Å². The van der Waals surface area contributed by atoms with Crippen LogP contribution < -0.4 is 4.90 Å². The number of rotatable bonds is 5. The largest absolute Gasteiger partial charge is 0.372 e. The Hall–Kier alpha value is -3.37. The Balaban J connectivity index is 1.54. The van der Waals surface area contributed by atoms with Crippen LogP contribution in [0.3, 0.4) is 0 Å². The van der Waals surface area contributed by atoms with E-state index in [1.807, 2.05) is 73.7 Å². The molecule has 3 aromatic carbocycles. The number of carbonyl (C=O) groups excluding carboxylic acids is 1. The number of aliphatic hydroxyl groups is 1. The van der Waals surface area contributed by atoms with Crippen LogP contribution in [-0.4, -0.2) is 22.5 Å². The number of carbonyl (C=O) groups is 1. The maximum absolute atomic E-state index is 13.7. The highest BCUT2D eigenvalue weighted by Gasteiger charge is 2.52. The van der Waals surface area contributed by atoms with Gasteiger partial charge >= 0.3 is 0 Å². The van der Waals surface area contributed by atoms with Crippen LogP contribution in [-0.2, 0) is 16.8 Å². The van der Waals surface area contributed by atoms with E-state index in [9.17, 15) is 9.90 Å². The Bertz CT molecular complexity index is 1230. The van der Waals surface area contributed by atoms with E-state index < -0.39 is 5.60 Å². The number of aromatic amines is 1. The maximum atomic E-state index is 13.7. The fraction of sp³-hybridized carbons (Fsp3) is 0.192. The molecular weight excluding hydrogens is 372 g/mol. The van der Waals surface area contributed by atoms with Crippen molar-refractivity contribution in [2.24, 2.45) is 0 Å². The molecular formula is C26H24N2O2. The van der Waals surface area contributed by atoms with Crippen LogP contribution in [0.15, 0.2) is 78.9 Å². The van der Waals surface area contributed by atoms with Crippen LogP contribution in [0.25, 0.3) is 10.9 Å².